The van der Waals surface area contributed by atoms with E-state index >= 15 is 0 Å². The van der Waals surface area contributed by atoms with E-state index in [9.17, 15) is 0 Å². The van der Waals surface area contributed by atoms with Crippen LogP contribution in [0.15, 0.2) is 54.6 Å². The van der Waals surface area contributed by atoms with E-state index in [1.165, 1.54) is 27.1 Å². The fourth-order valence-corrected chi connectivity index (χ4v) is 3.53. The van der Waals surface area contributed by atoms with Gasteiger partial charge in [-0.3, -0.25) is 0 Å². The number of fused-ring (bicyclic) bond motifs is 2. The van der Waals surface area contributed by atoms with Crippen LogP contribution in [-0.4, -0.2) is 19.1 Å². The molecular formula is C22H29N3. The van der Waals surface area contributed by atoms with Crippen molar-refractivity contribution in [3.05, 3.63) is 60.2 Å². The summed E-state index contributed by atoms with van der Waals surface area (Å²) in [6, 6.07) is 19.9. The third kappa shape index (κ3) is 4.57. The Kier molecular flexibility index (Phi) is 6.40. The van der Waals surface area contributed by atoms with Crippen molar-refractivity contribution in [2.45, 2.75) is 38.3 Å². The number of hydrogen-bond acceptors (Lipinski definition) is 3. The van der Waals surface area contributed by atoms with Crippen molar-refractivity contribution in [2.75, 3.05) is 13.1 Å². The molecule has 3 aromatic carbocycles. The number of nitrogens with one attached hydrogen (secondary N) is 1. The smallest absolute Gasteiger partial charge is 0.0217 e. The second kappa shape index (κ2) is 8.95. The fourth-order valence-electron chi connectivity index (χ4n) is 3.53. The number of rotatable bonds is 9. The Labute approximate surface area is 150 Å². The highest BCUT2D eigenvalue weighted by atomic mass is 14.8. The summed E-state index contributed by atoms with van der Waals surface area (Å²) in [5.41, 5.74) is 13.0. The molecule has 1 atom stereocenters. The maximum absolute atomic E-state index is 6.12. The molecule has 3 heteroatoms. The van der Waals surface area contributed by atoms with E-state index in [1.54, 1.807) is 0 Å². The highest BCUT2D eigenvalue weighted by Crippen LogP contribution is 2.28. The molecule has 25 heavy (non-hydrogen) atoms. The van der Waals surface area contributed by atoms with Gasteiger partial charge in [-0.1, -0.05) is 48.5 Å². The summed E-state index contributed by atoms with van der Waals surface area (Å²) in [6.45, 7) is 2.62. The minimum atomic E-state index is 0.281. The lowest BCUT2D eigenvalue weighted by atomic mass is 9.96. The van der Waals surface area contributed by atoms with Crippen molar-refractivity contribution in [1.82, 2.24) is 5.32 Å². The van der Waals surface area contributed by atoms with E-state index in [2.05, 4.69) is 59.9 Å². The second-order valence-electron chi connectivity index (χ2n) is 6.81. The van der Waals surface area contributed by atoms with Gasteiger partial charge in [0.25, 0.3) is 0 Å². The molecule has 1 unspecified atom stereocenters. The van der Waals surface area contributed by atoms with Gasteiger partial charge in [0.2, 0.25) is 0 Å². The topological polar surface area (TPSA) is 64.1 Å². The lowest BCUT2D eigenvalue weighted by molar-refractivity contribution is 0.513. The highest BCUT2D eigenvalue weighted by Gasteiger charge is 2.07. The Morgan fingerprint density at radius 2 is 1.44 bits per heavy atom. The van der Waals surface area contributed by atoms with Crippen LogP contribution in [0.2, 0.25) is 0 Å². The van der Waals surface area contributed by atoms with Gasteiger partial charge in [-0.2, -0.15) is 0 Å². The molecule has 0 spiro atoms. The molecule has 0 aromatic heterocycles. The van der Waals surface area contributed by atoms with Crippen LogP contribution in [0.3, 0.4) is 0 Å². The zero-order chi connectivity index (χ0) is 17.5. The molecule has 0 saturated heterocycles. The predicted octanol–water partition coefficient (Wildman–Crippen LogP) is 3.93. The van der Waals surface area contributed by atoms with E-state index in [1.807, 2.05) is 0 Å². The quantitative estimate of drug-likeness (QED) is 0.410. The van der Waals surface area contributed by atoms with E-state index < -0.39 is 0 Å². The van der Waals surface area contributed by atoms with Crippen LogP contribution in [0, 0.1) is 0 Å². The summed E-state index contributed by atoms with van der Waals surface area (Å²) in [5, 5.41) is 8.91. The Balaban J connectivity index is 1.66. The summed E-state index contributed by atoms with van der Waals surface area (Å²) < 4.78 is 0. The summed E-state index contributed by atoms with van der Waals surface area (Å²) in [5.74, 6) is 0. The second-order valence-corrected chi connectivity index (χ2v) is 6.81. The van der Waals surface area contributed by atoms with Gasteiger partial charge in [-0.05, 0) is 71.9 Å². The maximum Gasteiger partial charge on any atom is 0.0217 e. The first kappa shape index (κ1) is 17.9. The number of nitrogens with two attached hydrogens (primary N) is 2. The molecule has 3 rings (SSSR count). The van der Waals surface area contributed by atoms with Gasteiger partial charge >= 0.3 is 0 Å². The van der Waals surface area contributed by atoms with Crippen molar-refractivity contribution in [1.29, 1.82) is 0 Å². The number of benzene rings is 3. The SMILES string of the molecule is NCCCC(N)CCCNCc1c2ccccc2cc2ccccc12. The van der Waals surface area contributed by atoms with Crippen LogP contribution < -0.4 is 16.8 Å². The van der Waals surface area contributed by atoms with Gasteiger partial charge in [-0.25, -0.2) is 0 Å². The van der Waals surface area contributed by atoms with Crippen LogP contribution >= 0.6 is 0 Å². The summed E-state index contributed by atoms with van der Waals surface area (Å²) in [6.07, 6.45) is 4.22. The molecule has 0 aliphatic carbocycles. The van der Waals surface area contributed by atoms with Crippen LogP contribution in [0.4, 0.5) is 0 Å². The molecule has 0 bridgehead atoms. The molecule has 0 aliphatic heterocycles. The van der Waals surface area contributed by atoms with Gasteiger partial charge in [0.15, 0.2) is 0 Å². The molecule has 5 N–H and O–H groups in total. The Morgan fingerprint density at radius 3 is 2.08 bits per heavy atom. The monoisotopic (exact) mass is 335 g/mol. The number of hydrogen-bond donors (Lipinski definition) is 3. The average Bonchev–Trinajstić information content (AvgIpc) is 2.65. The molecule has 0 saturated carbocycles. The highest BCUT2D eigenvalue weighted by molar-refractivity contribution is 6.02. The van der Waals surface area contributed by atoms with Crippen molar-refractivity contribution in [3.8, 4) is 0 Å². The predicted molar refractivity (Wildman–Crippen MR) is 109 cm³/mol. The fraction of sp³-hybridized carbons (Fsp3) is 0.364. The first-order valence-electron chi connectivity index (χ1n) is 9.35. The van der Waals surface area contributed by atoms with Crippen molar-refractivity contribution >= 4 is 21.5 Å². The molecular weight excluding hydrogens is 306 g/mol. The van der Waals surface area contributed by atoms with Gasteiger partial charge in [0, 0.05) is 12.6 Å². The zero-order valence-electron chi connectivity index (χ0n) is 14.9. The lowest BCUT2D eigenvalue weighted by Gasteiger charge is -2.14. The molecule has 132 valence electrons. The van der Waals surface area contributed by atoms with Crippen LogP contribution in [-0.2, 0) is 6.54 Å². The first-order valence-corrected chi connectivity index (χ1v) is 9.35. The standard InChI is InChI=1S/C22H29N3/c23-13-5-9-19(24)10-6-14-25-16-22-20-11-3-1-7-17(20)15-18-8-2-4-12-21(18)22/h1-4,7-8,11-12,15,19,25H,5-6,9-10,13-14,16,23-24H2. The van der Waals surface area contributed by atoms with Crippen LogP contribution in [0.5, 0.6) is 0 Å². The third-order valence-electron chi connectivity index (χ3n) is 4.89. The van der Waals surface area contributed by atoms with Crippen molar-refractivity contribution in [3.63, 3.8) is 0 Å². The van der Waals surface area contributed by atoms with Gasteiger partial charge in [0.1, 0.15) is 0 Å². The molecule has 3 nitrogen and oxygen atoms in total. The molecule has 0 aliphatic rings. The van der Waals surface area contributed by atoms with Crippen LogP contribution in [0.25, 0.3) is 21.5 Å². The molecule has 3 aromatic rings. The summed E-state index contributed by atoms with van der Waals surface area (Å²) >= 11 is 0. The lowest BCUT2D eigenvalue weighted by Crippen LogP contribution is -2.23. The van der Waals surface area contributed by atoms with Crippen LogP contribution in [0.1, 0.15) is 31.2 Å². The third-order valence-corrected chi connectivity index (χ3v) is 4.89. The molecule has 0 amide bonds. The van der Waals surface area contributed by atoms with Crippen molar-refractivity contribution in [2.24, 2.45) is 11.5 Å². The molecule has 0 heterocycles. The summed E-state index contributed by atoms with van der Waals surface area (Å²) in [4.78, 5) is 0. The zero-order valence-corrected chi connectivity index (χ0v) is 14.9. The average molecular weight is 335 g/mol. The maximum atomic E-state index is 6.12. The van der Waals surface area contributed by atoms with E-state index in [-0.39, 0.29) is 6.04 Å². The van der Waals surface area contributed by atoms with Gasteiger partial charge < -0.3 is 16.8 Å². The van der Waals surface area contributed by atoms with Gasteiger partial charge in [-0.15, -0.1) is 0 Å². The van der Waals surface area contributed by atoms with E-state index in [0.29, 0.717) is 0 Å². The largest absolute Gasteiger partial charge is 0.330 e. The Bertz CT molecular complexity index is 759. The van der Waals surface area contributed by atoms with Crippen molar-refractivity contribution < 1.29 is 0 Å². The molecule has 0 fully saturated rings. The minimum absolute atomic E-state index is 0.281. The minimum Gasteiger partial charge on any atom is -0.330 e. The Hall–Kier alpha value is -1.94. The van der Waals surface area contributed by atoms with Gasteiger partial charge in [0.05, 0.1) is 0 Å². The normalized spacial score (nSPS) is 12.7. The summed E-state index contributed by atoms with van der Waals surface area (Å²) in [7, 11) is 0. The molecule has 0 radical (unpaired) electrons. The van der Waals surface area contributed by atoms with E-state index in [0.717, 1.165) is 45.3 Å². The Morgan fingerprint density at radius 1 is 0.840 bits per heavy atom. The van der Waals surface area contributed by atoms with E-state index in [4.69, 9.17) is 11.5 Å². The first-order chi connectivity index (χ1) is 12.3.